The van der Waals surface area contributed by atoms with Crippen LogP contribution in [-0.2, 0) is 13.1 Å². The number of rotatable bonds is 9. The largest absolute Gasteiger partial charge is 0.468 e. The Bertz CT molecular complexity index is 376. The molecule has 3 nitrogen and oxygen atoms in total. The lowest BCUT2D eigenvalue weighted by atomic mass is 10.2. The van der Waals surface area contributed by atoms with Crippen molar-refractivity contribution >= 4 is 11.8 Å². The second kappa shape index (κ2) is 7.36. The summed E-state index contributed by atoms with van der Waals surface area (Å²) in [5.74, 6) is 2.26. The maximum atomic E-state index is 5.67. The second-order valence-electron chi connectivity index (χ2n) is 5.51. The first-order chi connectivity index (χ1) is 9.22. The van der Waals surface area contributed by atoms with Gasteiger partial charge in [-0.1, -0.05) is 6.92 Å². The van der Waals surface area contributed by atoms with Gasteiger partial charge in [0.25, 0.3) is 0 Å². The van der Waals surface area contributed by atoms with E-state index in [0.29, 0.717) is 6.04 Å². The minimum atomic E-state index is 0.633. The van der Waals surface area contributed by atoms with Crippen LogP contribution in [0.5, 0.6) is 0 Å². The van der Waals surface area contributed by atoms with Crippen LogP contribution in [-0.4, -0.2) is 36.0 Å². The maximum absolute atomic E-state index is 5.67. The average molecular weight is 282 g/mol. The highest BCUT2D eigenvalue weighted by atomic mass is 32.2. The van der Waals surface area contributed by atoms with E-state index >= 15 is 0 Å². The molecule has 1 fully saturated rings. The zero-order valence-electron chi connectivity index (χ0n) is 12.3. The molecule has 0 saturated heterocycles. The van der Waals surface area contributed by atoms with Crippen LogP contribution in [0.4, 0.5) is 0 Å². The zero-order chi connectivity index (χ0) is 13.7. The van der Waals surface area contributed by atoms with Crippen LogP contribution in [0.3, 0.4) is 0 Å². The van der Waals surface area contributed by atoms with E-state index in [4.69, 9.17) is 4.42 Å². The first-order valence-corrected chi connectivity index (χ1v) is 8.61. The predicted octanol–water partition coefficient (Wildman–Crippen LogP) is 3.11. The van der Waals surface area contributed by atoms with Gasteiger partial charge in [-0.3, -0.25) is 4.90 Å². The van der Waals surface area contributed by atoms with Crippen molar-refractivity contribution in [3.05, 3.63) is 23.7 Å². The van der Waals surface area contributed by atoms with Gasteiger partial charge in [0, 0.05) is 29.9 Å². The molecule has 1 N–H and O–H groups in total. The third-order valence-corrected chi connectivity index (χ3v) is 4.46. The summed E-state index contributed by atoms with van der Waals surface area (Å²) in [6.45, 7) is 4.10. The standard InChI is InChI=1S/C15H26N2OS/c1-4-14(11-19-3)17(2)9-15-7-12(10-18-15)8-16-13-5-6-13/h7,10,13-14,16H,4-6,8-9,11H2,1-3H3. The Morgan fingerprint density at radius 2 is 2.32 bits per heavy atom. The Kier molecular flexibility index (Phi) is 5.79. The molecule has 0 aromatic carbocycles. The molecule has 0 bridgehead atoms. The molecular weight excluding hydrogens is 256 g/mol. The molecule has 19 heavy (non-hydrogen) atoms. The molecule has 1 aromatic rings. The van der Waals surface area contributed by atoms with Crippen molar-refractivity contribution < 1.29 is 4.42 Å². The summed E-state index contributed by atoms with van der Waals surface area (Å²) in [6, 6.07) is 3.58. The molecule has 2 rings (SSSR count). The molecule has 0 aliphatic heterocycles. The van der Waals surface area contributed by atoms with E-state index in [1.54, 1.807) is 0 Å². The van der Waals surface area contributed by atoms with Gasteiger partial charge in [-0.05, 0) is 38.6 Å². The Balaban J connectivity index is 1.80. The highest BCUT2D eigenvalue weighted by molar-refractivity contribution is 7.98. The van der Waals surface area contributed by atoms with E-state index in [1.165, 1.54) is 30.6 Å². The molecule has 0 amide bonds. The second-order valence-corrected chi connectivity index (χ2v) is 6.42. The Morgan fingerprint density at radius 1 is 1.53 bits per heavy atom. The van der Waals surface area contributed by atoms with Gasteiger partial charge in [-0.25, -0.2) is 0 Å². The van der Waals surface area contributed by atoms with Gasteiger partial charge in [-0.2, -0.15) is 11.8 Å². The highest BCUT2D eigenvalue weighted by Gasteiger charge is 2.20. The lowest BCUT2D eigenvalue weighted by Gasteiger charge is -2.25. The van der Waals surface area contributed by atoms with Crippen molar-refractivity contribution in [3.63, 3.8) is 0 Å². The van der Waals surface area contributed by atoms with Crippen molar-refractivity contribution in [3.8, 4) is 0 Å². The van der Waals surface area contributed by atoms with E-state index in [2.05, 4.69) is 36.5 Å². The molecule has 1 aromatic heterocycles. The number of hydrogen-bond donors (Lipinski definition) is 1. The number of hydrogen-bond acceptors (Lipinski definition) is 4. The van der Waals surface area contributed by atoms with Crippen LogP contribution in [0, 0.1) is 0 Å². The number of furan rings is 1. The molecule has 1 heterocycles. The fourth-order valence-corrected chi connectivity index (χ4v) is 3.15. The fourth-order valence-electron chi connectivity index (χ4n) is 2.28. The van der Waals surface area contributed by atoms with Gasteiger partial charge in [-0.15, -0.1) is 0 Å². The molecule has 108 valence electrons. The Morgan fingerprint density at radius 3 is 2.95 bits per heavy atom. The average Bonchev–Trinajstić information content (AvgIpc) is 3.14. The molecule has 0 radical (unpaired) electrons. The summed E-state index contributed by atoms with van der Waals surface area (Å²) in [5.41, 5.74) is 1.27. The van der Waals surface area contributed by atoms with Crippen molar-refractivity contribution in [1.29, 1.82) is 0 Å². The first kappa shape index (κ1) is 14.9. The van der Waals surface area contributed by atoms with Crippen LogP contribution in [0.1, 0.15) is 37.5 Å². The lowest BCUT2D eigenvalue weighted by molar-refractivity contribution is 0.228. The van der Waals surface area contributed by atoms with Gasteiger partial charge in [0.1, 0.15) is 5.76 Å². The third-order valence-electron chi connectivity index (χ3n) is 3.74. The van der Waals surface area contributed by atoms with Gasteiger partial charge >= 0.3 is 0 Å². The van der Waals surface area contributed by atoms with Crippen molar-refractivity contribution in [2.24, 2.45) is 0 Å². The van der Waals surface area contributed by atoms with Crippen LogP contribution in [0.25, 0.3) is 0 Å². The minimum absolute atomic E-state index is 0.633. The minimum Gasteiger partial charge on any atom is -0.468 e. The van der Waals surface area contributed by atoms with Crippen LogP contribution in [0.2, 0.25) is 0 Å². The zero-order valence-corrected chi connectivity index (χ0v) is 13.1. The summed E-state index contributed by atoms with van der Waals surface area (Å²) in [4.78, 5) is 2.40. The summed E-state index contributed by atoms with van der Waals surface area (Å²) in [6.07, 6.45) is 7.92. The fraction of sp³-hybridized carbons (Fsp3) is 0.733. The topological polar surface area (TPSA) is 28.4 Å². The molecular formula is C15H26N2OS. The molecule has 1 unspecified atom stereocenters. The van der Waals surface area contributed by atoms with E-state index in [1.807, 2.05) is 18.0 Å². The number of thioether (sulfide) groups is 1. The van der Waals surface area contributed by atoms with Crippen LogP contribution >= 0.6 is 11.8 Å². The normalized spacial score (nSPS) is 17.1. The first-order valence-electron chi connectivity index (χ1n) is 7.21. The number of nitrogens with zero attached hydrogens (tertiary/aromatic N) is 1. The molecule has 1 saturated carbocycles. The molecule has 1 aliphatic rings. The van der Waals surface area contributed by atoms with Gasteiger partial charge in [0.05, 0.1) is 12.8 Å². The molecule has 4 heteroatoms. The third kappa shape index (κ3) is 4.86. The van der Waals surface area contributed by atoms with Crippen LogP contribution in [0.15, 0.2) is 16.7 Å². The maximum Gasteiger partial charge on any atom is 0.118 e. The van der Waals surface area contributed by atoms with Crippen molar-refractivity contribution in [1.82, 2.24) is 10.2 Å². The quantitative estimate of drug-likeness (QED) is 0.753. The Hall–Kier alpha value is -0.450. The van der Waals surface area contributed by atoms with Crippen LogP contribution < -0.4 is 5.32 Å². The summed E-state index contributed by atoms with van der Waals surface area (Å²) in [5, 5.41) is 3.52. The van der Waals surface area contributed by atoms with Gasteiger partial charge in [0.15, 0.2) is 0 Å². The SMILES string of the molecule is CCC(CSC)N(C)Cc1cc(CNC2CC2)co1. The van der Waals surface area contributed by atoms with E-state index in [-0.39, 0.29) is 0 Å². The van der Waals surface area contributed by atoms with E-state index in [9.17, 15) is 0 Å². The summed E-state index contributed by atoms with van der Waals surface area (Å²) in [7, 11) is 2.19. The smallest absolute Gasteiger partial charge is 0.118 e. The van der Waals surface area contributed by atoms with E-state index < -0.39 is 0 Å². The van der Waals surface area contributed by atoms with Gasteiger partial charge in [0.2, 0.25) is 0 Å². The number of nitrogens with one attached hydrogen (secondary N) is 1. The highest BCUT2D eigenvalue weighted by Crippen LogP contribution is 2.20. The molecule has 1 atom stereocenters. The van der Waals surface area contributed by atoms with E-state index in [0.717, 1.165) is 24.9 Å². The summed E-state index contributed by atoms with van der Waals surface area (Å²) >= 11 is 1.91. The predicted molar refractivity (Wildman–Crippen MR) is 82.5 cm³/mol. The molecule has 1 aliphatic carbocycles. The Labute approximate surface area is 121 Å². The van der Waals surface area contributed by atoms with Gasteiger partial charge < -0.3 is 9.73 Å². The monoisotopic (exact) mass is 282 g/mol. The van der Waals surface area contributed by atoms with Crippen molar-refractivity contribution in [2.75, 3.05) is 19.1 Å². The lowest BCUT2D eigenvalue weighted by Crippen LogP contribution is -2.32. The van der Waals surface area contributed by atoms with Crippen molar-refractivity contribution in [2.45, 2.75) is 51.4 Å². The summed E-state index contributed by atoms with van der Waals surface area (Å²) < 4.78 is 5.67. The molecule has 0 spiro atoms.